The van der Waals surface area contributed by atoms with Gasteiger partial charge in [-0.3, -0.25) is 9.69 Å². The maximum Gasteiger partial charge on any atom is 0.266 e. The number of anilines is 1. The molecule has 3 heterocycles. The van der Waals surface area contributed by atoms with Crippen molar-refractivity contribution in [1.29, 1.82) is 0 Å². The second-order valence-corrected chi connectivity index (χ2v) is 6.05. The molecule has 0 bridgehead atoms. The Hall–Kier alpha value is -1.73. The van der Waals surface area contributed by atoms with Gasteiger partial charge in [0.2, 0.25) is 0 Å². The fourth-order valence-corrected chi connectivity index (χ4v) is 3.18. The molecule has 0 aliphatic carbocycles. The van der Waals surface area contributed by atoms with E-state index in [-0.39, 0.29) is 5.56 Å². The zero-order chi connectivity index (χ0) is 14.7. The van der Waals surface area contributed by atoms with Crippen LogP contribution >= 0.6 is 11.3 Å². The van der Waals surface area contributed by atoms with Crippen LogP contribution in [0.15, 0.2) is 28.5 Å². The number of piperazine rings is 1. The highest BCUT2D eigenvalue weighted by Crippen LogP contribution is 2.18. The SMILES string of the molecule is Cc1ccc(=O)n(CCN2CCN(c3nccs3)CC2)n1. The van der Waals surface area contributed by atoms with E-state index in [1.807, 2.05) is 18.5 Å². The van der Waals surface area contributed by atoms with E-state index in [9.17, 15) is 4.79 Å². The molecular formula is C14H19N5OS. The van der Waals surface area contributed by atoms with Gasteiger partial charge in [0, 0.05) is 50.4 Å². The normalized spacial score (nSPS) is 16.3. The minimum Gasteiger partial charge on any atom is -0.346 e. The summed E-state index contributed by atoms with van der Waals surface area (Å²) in [4.78, 5) is 20.8. The van der Waals surface area contributed by atoms with Crippen LogP contribution in [0.3, 0.4) is 0 Å². The first-order valence-electron chi connectivity index (χ1n) is 7.14. The van der Waals surface area contributed by atoms with E-state index in [1.54, 1.807) is 28.2 Å². The molecule has 0 saturated carbocycles. The van der Waals surface area contributed by atoms with Gasteiger partial charge in [0.05, 0.1) is 12.2 Å². The Bertz CT molecular complexity index is 631. The Kier molecular flexibility index (Phi) is 4.31. The average molecular weight is 305 g/mol. The van der Waals surface area contributed by atoms with Crippen molar-refractivity contribution in [2.75, 3.05) is 37.6 Å². The van der Waals surface area contributed by atoms with Gasteiger partial charge in [0.15, 0.2) is 5.13 Å². The molecule has 2 aromatic heterocycles. The van der Waals surface area contributed by atoms with E-state index >= 15 is 0 Å². The molecule has 112 valence electrons. The minimum atomic E-state index is -0.0259. The molecule has 3 rings (SSSR count). The zero-order valence-electron chi connectivity index (χ0n) is 12.1. The molecule has 0 amide bonds. The van der Waals surface area contributed by atoms with Crippen LogP contribution in [0.4, 0.5) is 5.13 Å². The van der Waals surface area contributed by atoms with E-state index in [1.165, 1.54) is 0 Å². The maximum absolute atomic E-state index is 11.7. The van der Waals surface area contributed by atoms with Gasteiger partial charge in [-0.25, -0.2) is 9.67 Å². The van der Waals surface area contributed by atoms with Crippen LogP contribution in [0.25, 0.3) is 0 Å². The molecule has 0 spiro atoms. The first-order chi connectivity index (χ1) is 10.2. The second kappa shape index (κ2) is 6.36. The fraction of sp³-hybridized carbons (Fsp3) is 0.500. The third-order valence-corrected chi connectivity index (χ3v) is 4.52. The van der Waals surface area contributed by atoms with E-state index in [0.29, 0.717) is 6.54 Å². The number of rotatable bonds is 4. The number of aromatic nitrogens is 3. The highest BCUT2D eigenvalue weighted by molar-refractivity contribution is 7.13. The van der Waals surface area contributed by atoms with Crippen molar-refractivity contribution in [3.63, 3.8) is 0 Å². The summed E-state index contributed by atoms with van der Waals surface area (Å²) in [6.07, 6.45) is 1.85. The van der Waals surface area contributed by atoms with Crippen molar-refractivity contribution in [2.45, 2.75) is 13.5 Å². The Morgan fingerprint density at radius 2 is 2.00 bits per heavy atom. The summed E-state index contributed by atoms with van der Waals surface area (Å²) >= 11 is 1.69. The molecule has 2 aromatic rings. The van der Waals surface area contributed by atoms with Crippen molar-refractivity contribution < 1.29 is 0 Å². The Morgan fingerprint density at radius 1 is 1.19 bits per heavy atom. The highest BCUT2D eigenvalue weighted by atomic mass is 32.1. The number of hydrogen-bond acceptors (Lipinski definition) is 6. The van der Waals surface area contributed by atoms with E-state index in [2.05, 4.69) is 19.9 Å². The molecule has 21 heavy (non-hydrogen) atoms. The largest absolute Gasteiger partial charge is 0.346 e. The van der Waals surface area contributed by atoms with Crippen LogP contribution < -0.4 is 10.5 Å². The summed E-state index contributed by atoms with van der Waals surface area (Å²) in [6, 6.07) is 3.34. The molecule has 1 saturated heterocycles. The molecule has 0 atom stereocenters. The Morgan fingerprint density at radius 3 is 2.71 bits per heavy atom. The lowest BCUT2D eigenvalue weighted by Crippen LogP contribution is -2.47. The predicted molar refractivity (Wildman–Crippen MR) is 84.0 cm³/mol. The lowest BCUT2D eigenvalue weighted by atomic mass is 10.3. The summed E-state index contributed by atoms with van der Waals surface area (Å²) in [5.41, 5.74) is 0.852. The Balaban J connectivity index is 1.52. The van der Waals surface area contributed by atoms with Gasteiger partial charge in [-0.1, -0.05) is 0 Å². The molecular weight excluding hydrogens is 286 g/mol. The summed E-state index contributed by atoms with van der Waals surface area (Å²) in [5.74, 6) is 0. The van der Waals surface area contributed by atoms with Crippen molar-refractivity contribution in [2.24, 2.45) is 0 Å². The average Bonchev–Trinajstić information content (AvgIpc) is 3.03. The lowest BCUT2D eigenvalue weighted by molar-refractivity contribution is 0.242. The molecule has 0 radical (unpaired) electrons. The summed E-state index contributed by atoms with van der Waals surface area (Å²) in [7, 11) is 0. The topological polar surface area (TPSA) is 54.3 Å². The van der Waals surface area contributed by atoms with E-state index in [0.717, 1.165) is 43.5 Å². The van der Waals surface area contributed by atoms with Crippen molar-refractivity contribution in [1.82, 2.24) is 19.7 Å². The van der Waals surface area contributed by atoms with Crippen LogP contribution in [-0.4, -0.2) is 52.4 Å². The third-order valence-electron chi connectivity index (χ3n) is 3.69. The highest BCUT2D eigenvalue weighted by Gasteiger charge is 2.18. The monoisotopic (exact) mass is 305 g/mol. The van der Waals surface area contributed by atoms with E-state index in [4.69, 9.17) is 0 Å². The molecule has 7 heteroatoms. The summed E-state index contributed by atoms with van der Waals surface area (Å²) in [6.45, 7) is 7.40. The quantitative estimate of drug-likeness (QED) is 0.837. The van der Waals surface area contributed by atoms with Gasteiger partial charge in [-0.15, -0.1) is 11.3 Å². The smallest absolute Gasteiger partial charge is 0.266 e. The van der Waals surface area contributed by atoms with Crippen LogP contribution in [0, 0.1) is 6.92 Å². The standard InChI is InChI=1S/C14H19N5OS/c1-12-2-3-13(20)19(16-12)10-7-17-5-8-18(9-6-17)14-15-4-11-21-14/h2-4,11H,5-10H2,1H3. The molecule has 0 N–H and O–H groups in total. The molecule has 6 nitrogen and oxygen atoms in total. The third kappa shape index (κ3) is 3.48. The molecule has 1 aliphatic rings. The van der Waals surface area contributed by atoms with Gasteiger partial charge < -0.3 is 4.90 Å². The number of aryl methyl sites for hydroxylation is 1. The molecule has 0 unspecified atom stereocenters. The van der Waals surface area contributed by atoms with Crippen LogP contribution in [0.1, 0.15) is 5.69 Å². The first kappa shape index (κ1) is 14.2. The van der Waals surface area contributed by atoms with Gasteiger partial charge in [0.25, 0.3) is 5.56 Å². The molecule has 1 fully saturated rings. The molecule has 1 aliphatic heterocycles. The van der Waals surface area contributed by atoms with Gasteiger partial charge in [0.1, 0.15) is 0 Å². The van der Waals surface area contributed by atoms with Crippen LogP contribution in [0.5, 0.6) is 0 Å². The van der Waals surface area contributed by atoms with Crippen molar-refractivity contribution >= 4 is 16.5 Å². The van der Waals surface area contributed by atoms with Crippen LogP contribution in [-0.2, 0) is 6.54 Å². The molecule has 0 aromatic carbocycles. The van der Waals surface area contributed by atoms with Gasteiger partial charge in [-0.05, 0) is 13.0 Å². The maximum atomic E-state index is 11.7. The zero-order valence-corrected chi connectivity index (χ0v) is 12.9. The van der Waals surface area contributed by atoms with Crippen molar-refractivity contribution in [3.8, 4) is 0 Å². The van der Waals surface area contributed by atoms with Gasteiger partial charge in [-0.2, -0.15) is 5.10 Å². The first-order valence-corrected chi connectivity index (χ1v) is 8.02. The fourth-order valence-electron chi connectivity index (χ4n) is 2.48. The van der Waals surface area contributed by atoms with Crippen LogP contribution in [0.2, 0.25) is 0 Å². The van der Waals surface area contributed by atoms with Gasteiger partial charge >= 0.3 is 0 Å². The number of thiazole rings is 1. The summed E-state index contributed by atoms with van der Waals surface area (Å²) in [5, 5.41) is 7.39. The van der Waals surface area contributed by atoms with E-state index < -0.39 is 0 Å². The summed E-state index contributed by atoms with van der Waals surface area (Å²) < 4.78 is 1.56. The minimum absolute atomic E-state index is 0.0259. The lowest BCUT2D eigenvalue weighted by Gasteiger charge is -2.34. The predicted octanol–water partition coefficient (Wildman–Crippen LogP) is 0.830. The number of nitrogens with zero attached hydrogens (tertiary/aromatic N) is 5. The Labute approximate surface area is 127 Å². The van der Waals surface area contributed by atoms with Crippen molar-refractivity contribution in [3.05, 3.63) is 39.8 Å². The number of hydrogen-bond donors (Lipinski definition) is 0. The second-order valence-electron chi connectivity index (χ2n) is 5.18.